The summed E-state index contributed by atoms with van der Waals surface area (Å²) in [4.78, 5) is 2.71. The molecular weight excluding hydrogens is 348 g/mol. The largest absolute Gasteiger partial charge is 0.490 e. The van der Waals surface area contributed by atoms with Crippen molar-refractivity contribution < 1.29 is 13.2 Å². The summed E-state index contributed by atoms with van der Waals surface area (Å²) in [5.41, 5.74) is 0.232. The molecule has 1 saturated heterocycles. The van der Waals surface area contributed by atoms with Gasteiger partial charge in [-0.15, -0.1) is 0 Å². The minimum Gasteiger partial charge on any atom is -0.490 e. The Morgan fingerprint density at radius 3 is 2.12 bits per heavy atom. The van der Waals surface area contributed by atoms with E-state index in [-0.39, 0.29) is 11.5 Å². The number of ether oxygens (including phenoxy) is 1. The van der Waals surface area contributed by atoms with Crippen molar-refractivity contribution in [3.8, 4) is 5.75 Å². The molecule has 0 N–H and O–H groups in total. The zero-order chi connectivity index (χ0) is 18.8. The van der Waals surface area contributed by atoms with Crippen LogP contribution >= 0.6 is 0 Å². The second-order valence-electron chi connectivity index (χ2n) is 8.74. The van der Waals surface area contributed by atoms with E-state index in [0.29, 0.717) is 18.0 Å². The number of nitrogens with zero attached hydrogens (tertiary/aromatic N) is 2. The molecule has 1 aromatic rings. The molecule has 2 aliphatic rings. The van der Waals surface area contributed by atoms with Gasteiger partial charge in [0.15, 0.2) is 0 Å². The lowest BCUT2D eigenvalue weighted by molar-refractivity contribution is 0.141. The summed E-state index contributed by atoms with van der Waals surface area (Å²) in [5.74, 6) is 0.769. The first-order valence-electron chi connectivity index (χ1n) is 9.73. The van der Waals surface area contributed by atoms with Crippen molar-refractivity contribution in [2.75, 3.05) is 32.7 Å². The third-order valence-corrected chi connectivity index (χ3v) is 7.01. The maximum Gasteiger partial charge on any atom is 0.243 e. The number of rotatable bonds is 5. The van der Waals surface area contributed by atoms with E-state index < -0.39 is 10.0 Å². The standard InChI is InChI=1S/C20H32N2O3S/c1-20(2,3)16-21-12-14-22(15-13-21)26(23,24)19-10-8-18(9-11-19)25-17-6-4-5-7-17/h8-11,17H,4-7,12-16H2,1-3H3. The lowest BCUT2D eigenvalue weighted by Crippen LogP contribution is -2.50. The number of sulfonamides is 1. The van der Waals surface area contributed by atoms with Gasteiger partial charge in [0.05, 0.1) is 11.0 Å². The third kappa shape index (κ3) is 4.99. The highest BCUT2D eigenvalue weighted by molar-refractivity contribution is 7.89. The summed E-state index contributed by atoms with van der Waals surface area (Å²) in [6, 6.07) is 6.95. The monoisotopic (exact) mass is 380 g/mol. The predicted octanol–water partition coefficient (Wildman–Crippen LogP) is 3.36. The third-order valence-electron chi connectivity index (χ3n) is 5.10. The van der Waals surface area contributed by atoms with E-state index in [1.807, 2.05) is 0 Å². The van der Waals surface area contributed by atoms with Crippen LogP contribution in [0.4, 0.5) is 0 Å². The van der Waals surface area contributed by atoms with Gasteiger partial charge in [0, 0.05) is 32.7 Å². The van der Waals surface area contributed by atoms with Crippen molar-refractivity contribution >= 4 is 10.0 Å². The average Bonchev–Trinajstić information content (AvgIpc) is 3.07. The van der Waals surface area contributed by atoms with Crippen LogP contribution in [0.15, 0.2) is 29.2 Å². The van der Waals surface area contributed by atoms with Crippen molar-refractivity contribution in [2.45, 2.75) is 57.5 Å². The Hall–Kier alpha value is -1.11. The highest BCUT2D eigenvalue weighted by atomic mass is 32.2. The fourth-order valence-corrected chi connectivity index (χ4v) is 5.26. The molecule has 0 amide bonds. The van der Waals surface area contributed by atoms with Crippen LogP contribution in [0.1, 0.15) is 46.5 Å². The van der Waals surface area contributed by atoms with Crippen LogP contribution in [0.2, 0.25) is 0 Å². The van der Waals surface area contributed by atoms with Crippen LogP contribution in [-0.4, -0.2) is 56.5 Å². The SMILES string of the molecule is CC(C)(C)CN1CCN(S(=O)(=O)c2ccc(OC3CCCC3)cc2)CC1. The molecule has 3 rings (SSSR count). The molecule has 1 aliphatic heterocycles. The summed E-state index contributed by atoms with van der Waals surface area (Å²) >= 11 is 0. The van der Waals surface area contributed by atoms with E-state index in [0.717, 1.165) is 38.2 Å². The lowest BCUT2D eigenvalue weighted by Gasteiger charge is -2.37. The quantitative estimate of drug-likeness (QED) is 0.786. The molecule has 1 aliphatic carbocycles. The molecule has 0 atom stereocenters. The van der Waals surface area contributed by atoms with Gasteiger partial charge in [-0.3, -0.25) is 0 Å². The summed E-state index contributed by atoms with van der Waals surface area (Å²) < 4.78 is 33.3. The Morgan fingerprint density at radius 2 is 1.58 bits per heavy atom. The van der Waals surface area contributed by atoms with Gasteiger partial charge in [-0.1, -0.05) is 20.8 Å². The molecule has 6 heteroatoms. The normalized spacial score (nSPS) is 21.2. The molecule has 1 heterocycles. The number of piperazine rings is 1. The lowest BCUT2D eigenvalue weighted by atomic mass is 9.96. The first-order chi connectivity index (χ1) is 12.2. The van der Waals surface area contributed by atoms with E-state index in [4.69, 9.17) is 4.74 Å². The van der Waals surface area contributed by atoms with Gasteiger partial charge >= 0.3 is 0 Å². The Morgan fingerprint density at radius 1 is 1.00 bits per heavy atom. The van der Waals surface area contributed by atoms with Gasteiger partial charge < -0.3 is 9.64 Å². The second-order valence-corrected chi connectivity index (χ2v) is 10.7. The Kier molecular flexibility index (Phi) is 5.94. The Balaban J connectivity index is 1.59. The molecule has 26 heavy (non-hydrogen) atoms. The fraction of sp³-hybridized carbons (Fsp3) is 0.700. The van der Waals surface area contributed by atoms with E-state index in [1.165, 1.54) is 12.8 Å². The zero-order valence-corrected chi connectivity index (χ0v) is 17.1. The Bertz CT molecular complexity index is 681. The molecule has 1 saturated carbocycles. The summed E-state index contributed by atoms with van der Waals surface area (Å²) in [6.45, 7) is 10.3. The molecule has 2 fully saturated rings. The maximum atomic E-state index is 12.9. The molecule has 0 spiro atoms. The molecule has 1 aromatic carbocycles. The topological polar surface area (TPSA) is 49.9 Å². The van der Waals surface area contributed by atoms with Gasteiger partial charge in [0.2, 0.25) is 10.0 Å². The van der Waals surface area contributed by atoms with Crippen molar-refractivity contribution in [3.05, 3.63) is 24.3 Å². The Labute approximate surface area is 158 Å². The number of hydrogen-bond acceptors (Lipinski definition) is 4. The molecule has 146 valence electrons. The molecule has 0 radical (unpaired) electrons. The molecule has 5 nitrogen and oxygen atoms in total. The maximum absolute atomic E-state index is 12.9. The fourth-order valence-electron chi connectivity index (χ4n) is 3.84. The minimum atomic E-state index is -3.42. The number of hydrogen-bond donors (Lipinski definition) is 0. The second kappa shape index (κ2) is 7.87. The van der Waals surface area contributed by atoms with Crippen LogP contribution < -0.4 is 4.74 Å². The molecule has 0 bridgehead atoms. The first kappa shape index (κ1) is 19.6. The van der Waals surface area contributed by atoms with Crippen molar-refractivity contribution in [2.24, 2.45) is 5.41 Å². The van der Waals surface area contributed by atoms with Gasteiger partial charge in [0.25, 0.3) is 0 Å². The smallest absolute Gasteiger partial charge is 0.243 e. The summed E-state index contributed by atoms with van der Waals surface area (Å²) in [7, 11) is -3.42. The van der Waals surface area contributed by atoms with E-state index in [9.17, 15) is 8.42 Å². The van der Waals surface area contributed by atoms with Crippen LogP contribution in [0, 0.1) is 5.41 Å². The van der Waals surface area contributed by atoms with E-state index >= 15 is 0 Å². The van der Waals surface area contributed by atoms with Crippen molar-refractivity contribution in [3.63, 3.8) is 0 Å². The minimum absolute atomic E-state index is 0.232. The average molecular weight is 381 g/mol. The van der Waals surface area contributed by atoms with Crippen molar-refractivity contribution in [1.82, 2.24) is 9.21 Å². The molecule has 0 unspecified atom stereocenters. The van der Waals surface area contributed by atoms with Crippen LogP contribution in [0.5, 0.6) is 5.75 Å². The highest BCUT2D eigenvalue weighted by Gasteiger charge is 2.29. The van der Waals surface area contributed by atoms with Crippen molar-refractivity contribution in [1.29, 1.82) is 0 Å². The van der Waals surface area contributed by atoms with Gasteiger partial charge in [0.1, 0.15) is 5.75 Å². The van der Waals surface area contributed by atoms with Gasteiger partial charge in [-0.05, 0) is 55.4 Å². The highest BCUT2D eigenvalue weighted by Crippen LogP contribution is 2.26. The summed E-state index contributed by atoms with van der Waals surface area (Å²) in [6.07, 6.45) is 4.92. The van der Waals surface area contributed by atoms with Gasteiger partial charge in [-0.2, -0.15) is 4.31 Å². The molecular formula is C20H32N2O3S. The van der Waals surface area contributed by atoms with Gasteiger partial charge in [-0.25, -0.2) is 8.42 Å². The van der Waals surface area contributed by atoms with Crippen LogP contribution in [0.3, 0.4) is 0 Å². The predicted molar refractivity (Wildman–Crippen MR) is 104 cm³/mol. The van der Waals surface area contributed by atoms with Crippen LogP contribution in [0.25, 0.3) is 0 Å². The first-order valence-corrected chi connectivity index (χ1v) is 11.2. The molecule has 0 aromatic heterocycles. The van der Waals surface area contributed by atoms with E-state index in [2.05, 4.69) is 25.7 Å². The number of benzene rings is 1. The van der Waals surface area contributed by atoms with E-state index in [1.54, 1.807) is 28.6 Å². The van der Waals surface area contributed by atoms with Crippen LogP contribution in [-0.2, 0) is 10.0 Å². The zero-order valence-electron chi connectivity index (χ0n) is 16.3. The summed E-state index contributed by atoms with van der Waals surface area (Å²) in [5, 5.41) is 0.